The van der Waals surface area contributed by atoms with Crippen LogP contribution in [0, 0.1) is 6.92 Å². The number of nitrogens with one attached hydrogen (secondary N) is 1. The number of hydrogen-bond donors (Lipinski definition) is 1. The lowest BCUT2D eigenvalue weighted by molar-refractivity contribution is -0.133. The van der Waals surface area contributed by atoms with E-state index in [1.54, 1.807) is 16.2 Å². The molecule has 1 aromatic carbocycles. The molecule has 3 rings (SSSR count). The Balaban J connectivity index is 1.46. The van der Waals surface area contributed by atoms with Gasteiger partial charge in [-0.3, -0.25) is 9.59 Å². The van der Waals surface area contributed by atoms with Gasteiger partial charge in [-0.15, -0.1) is 11.3 Å². The van der Waals surface area contributed by atoms with E-state index >= 15 is 0 Å². The van der Waals surface area contributed by atoms with Gasteiger partial charge in [-0.25, -0.2) is 0 Å². The molecule has 1 saturated heterocycles. The highest BCUT2D eigenvalue weighted by Gasteiger charge is 2.31. The van der Waals surface area contributed by atoms with Crippen LogP contribution < -0.4 is 5.32 Å². The molecule has 1 fully saturated rings. The molecule has 1 aliphatic heterocycles. The molecular formula is C19H22N2O2S. The smallest absolute Gasteiger partial charge is 0.239 e. The van der Waals surface area contributed by atoms with Gasteiger partial charge in [0, 0.05) is 30.3 Å². The Morgan fingerprint density at radius 1 is 1.29 bits per heavy atom. The lowest BCUT2D eigenvalue weighted by Crippen LogP contribution is -2.38. The number of likely N-dealkylation sites (tertiary alicyclic amines) is 1. The van der Waals surface area contributed by atoms with E-state index in [0.29, 0.717) is 19.5 Å². The zero-order valence-corrected chi connectivity index (χ0v) is 14.6. The molecule has 5 heteroatoms. The van der Waals surface area contributed by atoms with Crippen LogP contribution in [0.5, 0.6) is 0 Å². The number of nitrogens with zero attached hydrogens (tertiary/aromatic N) is 1. The number of carbonyl (C=O) groups excluding carboxylic acids is 2. The Morgan fingerprint density at radius 2 is 2.08 bits per heavy atom. The molecule has 0 spiro atoms. The average Bonchev–Trinajstić information content (AvgIpc) is 3.15. The van der Waals surface area contributed by atoms with Crippen LogP contribution in [0.2, 0.25) is 0 Å². The van der Waals surface area contributed by atoms with Crippen molar-refractivity contribution < 1.29 is 9.59 Å². The van der Waals surface area contributed by atoms with Crippen molar-refractivity contribution in [2.45, 2.75) is 25.7 Å². The second-order valence-electron chi connectivity index (χ2n) is 6.21. The molecule has 1 N–H and O–H groups in total. The number of benzene rings is 1. The third-order valence-corrected chi connectivity index (χ3v) is 5.55. The van der Waals surface area contributed by atoms with Gasteiger partial charge in [0.15, 0.2) is 0 Å². The summed E-state index contributed by atoms with van der Waals surface area (Å²) in [5.74, 6) is 0.180. The molecule has 0 radical (unpaired) electrons. The van der Waals surface area contributed by atoms with E-state index in [2.05, 4.69) is 23.7 Å². The van der Waals surface area contributed by atoms with E-state index < -0.39 is 0 Å². The molecule has 0 aliphatic carbocycles. The third kappa shape index (κ3) is 4.03. The molecule has 1 aromatic heterocycles. The molecule has 4 nitrogen and oxygen atoms in total. The summed E-state index contributed by atoms with van der Waals surface area (Å²) in [4.78, 5) is 27.2. The van der Waals surface area contributed by atoms with Crippen LogP contribution in [0.15, 0.2) is 41.8 Å². The van der Waals surface area contributed by atoms with Crippen LogP contribution in [0.25, 0.3) is 0 Å². The standard InChI is InChI=1S/C19H22N2O2S/c1-14-8-10-24-17(14)7-9-20-18(22)13-21-12-16(11-19(21)23)15-5-3-2-4-6-15/h2-6,8,10,16H,7,9,11-13H2,1H3,(H,20,22). The predicted octanol–water partition coefficient (Wildman–Crippen LogP) is 2.73. The number of hydrogen-bond acceptors (Lipinski definition) is 3. The highest BCUT2D eigenvalue weighted by Crippen LogP contribution is 2.27. The fourth-order valence-corrected chi connectivity index (χ4v) is 3.99. The summed E-state index contributed by atoms with van der Waals surface area (Å²) in [6.07, 6.45) is 1.33. The van der Waals surface area contributed by atoms with E-state index in [1.165, 1.54) is 16.0 Å². The first-order chi connectivity index (χ1) is 11.6. The zero-order valence-electron chi connectivity index (χ0n) is 13.8. The second-order valence-corrected chi connectivity index (χ2v) is 7.21. The average molecular weight is 342 g/mol. The van der Waals surface area contributed by atoms with E-state index in [-0.39, 0.29) is 24.3 Å². The maximum atomic E-state index is 12.1. The van der Waals surface area contributed by atoms with Gasteiger partial charge in [0.25, 0.3) is 0 Å². The first-order valence-electron chi connectivity index (χ1n) is 8.26. The first kappa shape index (κ1) is 16.7. The molecule has 1 aliphatic rings. The number of rotatable bonds is 6. The minimum Gasteiger partial charge on any atom is -0.354 e. The Hall–Kier alpha value is -2.14. The van der Waals surface area contributed by atoms with E-state index in [9.17, 15) is 9.59 Å². The van der Waals surface area contributed by atoms with Crippen molar-refractivity contribution in [3.8, 4) is 0 Å². The van der Waals surface area contributed by atoms with Crippen molar-refractivity contribution >= 4 is 23.2 Å². The molecule has 2 aromatic rings. The summed E-state index contributed by atoms with van der Waals surface area (Å²) in [5.41, 5.74) is 2.44. The van der Waals surface area contributed by atoms with Gasteiger partial charge >= 0.3 is 0 Å². The number of carbonyl (C=O) groups is 2. The Bertz CT molecular complexity index is 711. The van der Waals surface area contributed by atoms with Crippen molar-refractivity contribution in [2.24, 2.45) is 0 Å². The fraction of sp³-hybridized carbons (Fsp3) is 0.368. The van der Waals surface area contributed by atoms with Gasteiger partial charge in [-0.1, -0.05) is 30.3 Å². The van der Waals surface area contributed by atoms with E-state index in [4.69, 9.17) is 0 Å². The summed E-state index contributed by atoms with van der Waals surface area (Å²) in [7, 11) is 0. The molecule has 2 heterocycles. The largest absolute Gasteiger partial charge is 0.354 e. The van der Waals surface area contributed by atoms with Crippen LogP contribution >= 0.6 is 11.3 Å². The minimum absolute atomic E-state index is 0.0631. The lowest BCUT2D eigenvalue weighted by Gasteiger charge is -2.16. The topological polar surface area (TPSA) is 49.4 Å². The number of thiophene rings is 1. The van der Waals surface area contributed by atoms with Gasteiger partial charge < -0.3 is 10.2 Å². The highest BCUT2D eigenvalue weighted by atomic mass is 32.1. The Morgan fingerprint density at radius 3 is 2.79 bits per heavy atom. The highest BCUT2D eigenvalue weighted by molar-refractivity contribution is 7.10. The van der Waals surface area contributed by atoms with Crippen molar-refractivity contribution in [1.82, 2.24) is 10.2 Å². The summed E-state index contributed by atoms with van der Waals surface area (Å²) in [6, 6.07) is 12.1. The number of aryl methyl sites for hydroxylation is 1. The zero-order chi connectivity index (χ0) is 16.9. The predicted molar refractivity (Wildman–Crippen MR) is 96.1 cm³/mol. The minimum atomic E-state index is -0.0775. The Kier molecular flexibility index (Phi) is 5.30. The third-order valence-electron chi connectivity index (χ3n) is 4.46. The summed E-state index contributed by atoms with van der Waals surface area (Å²) >= 11 is 1.72. The quantitative estimate of drug-likeness (QED) is 0.877. The van der Waals surface area contributed by atoms with Gasteiger partial charge in [0.1, 0.15) is 0 Å². The van der Waals surface area contributed by atoms with Crippen LogP contribution in [0.4, 0.5) is 0 Å². The normalized spacial score (nSPS) is 17.3. The van der Waals surface area contributed by atoms with Crippen molar-refractivity contribution in [3.05, 3.63) is 57.8 Å². The Labute approximate surface area is 146 Å². The maximum Gasteiger partial charge on any atom is 0.239 e. The molecule has 1 unspecified atom stereocenters. The molecule has 2 amide bonds. The van der Waals surface area contributed by atoms with Gasteiger partial charge in [0.2, 0.25) is 11.8 Å². The number of amides is 2. The summed E-state index contributed by atoms with van der Waals surface area (Å²) in [5, 5.41) is 4.99. The summed E-state index contributed by atoms with van der Waals surface area (Å²) < 4.78 is 0. The molecule has 0 saturated carbocycles. The van der Waals surface area contributed by atoms with Crippen LogP contribution in [0.1, 0.15) is 28.3 Å². The maximum absolute atomic E-state index is 12.1. The van der Waals surface area contributed by atoms with Crippen molar-refractivity contribution in [3.63, 3.8) is 0 Å². The van der Waals surface area contributed by atoms with Crippen molar-refractivity contribution in [2.75, 3.05) is 19.6 Å². The van der Waals surface area contributed by atoms with Gasteiger partial charge in [0.05, 0.1) is 6.54 Å². The molecule has 1 atom stereocenters. The van der Waals surface area contributed by atoms with Crippen LogP contribution in [-0.4, -0.2) is 36.3 Å². The summed E-state index contributed by atoms with van der Waals surface area (Å²) in [6.45, 7) is 3.48. The van der Waals surface area contributed by atoms with E-state index in [0.717, 1.165) is 6.42 Å². The molecule has 0 bridgehead atoms. The SMILES string of the molecule is Cc1ccsc1CCNC(=O)CN1CC(c2ccccc2)CC1=O. The lowest BCUT2D eigenvalue weighted by atomic mass is 9.99. The fourth-order valence-electron chi connectivity index (χ4n) is 3.08. The van der Waals surface area contributed by atoms with Crippen LogP contribution in [-0.2, 0) is 16.0 Å². The molecular weight excluding hydrogens is 320 g/mol. The molecule has 126 valence electrons. The van der Waals surface area contributed by atoms with E-state index in [1.807, 2.05) is 30.3 Å². The van der Waals surface area contributed by atoms with Gasteiger partial charge in [-0.2, -0.15) is 0 Å². The monoisotopic (exact) mass is 342 g/mol. The van der Waals surface area contributed by atoms with Gasteiger partial charge in [-0.05, 0) is 35.9 Å². The molecule has 24 heavy (non-hydrogen) atoms. The second kappa shape index (κ2) is 7.62. The van der Waals surface area contributed by atoms with Crippen LogP contribution in [0.3, 0.4) is 0 Å². The first-order valence-corrected chi connectivity index (χ1v) is 9.14. The van der Waals surface area contributed by atoms with Crippen molar-refractivity contribution in [1.29, 1.82) is 0 Å².